The van der Waals surface area contributed by atoms with Gasteiger partial charge in [-0.05, 0) is 18.4 Å². The summed E-state index contributed by atoms with van der Waals surface area (Å²) in [5.74, 6) is 0.587. The van der Waals surface area contributed by atoms with Crippen molar-refractivity contribution in [1.29, 1.82) is 0 Å². The Kier molecular flexibility index (Phi) is 2.49. The molecule has 2 nitrogen and oxygen atoms in total. The van der Waals surface area contributed by atoms with Crippen LogP contribution < -0.4 is 5.73 Å². The summed E-state index contributed by atoms with van der Waals surface area (Å²) in [4.78, 5) is 4.48. The molecule has 0 aliphatic carbocycles. The van der Waals surface area contributed by atoms with Crippen molar-refractivity contribution in [2.24, 2.45) is 0 Å². The Bertz CT molecular complexity index is 700. The highest BCUT2D eigenvalue weighted by atomic mass is 14.8. The Labute approximate surface area is 106 Å². The summed E-state index contributed by atoms with van der Waals surface area (Å²) in [7, 11) is 0. The molecule has 88 valence electrons. The fraction of sp³-hybridized carbons (Fsp3) is 0.0625. The minimum Gasteiger partial charge on any atom is -0.383 e. The van der Waals surface area contributed by atoms with Gasteiger partial charge in [0.1, 0.15) is 5.82 Å². The maximum Gasteiger partial charge on any atom is 0.131 e. The van der Waals surface area contributed by atoms with Gasteiger partial charge in [-0.1, -0.05) is 54.1 Å². The number of rotatable bonds is 1. The van der Waals surface area contributed by atoms with Crippen LogP contribution in [0.2, 0.25) is 0 Å². The van der Waals surface area contributed by atoms with Crippen LogP contribution in [0, 0.1) is 6.92 Å². The third kappa shape index (κ3) is 1.82. The Balaban J connectivity index is 2.21. The van der Waals surface area contributed by atoms with Crippen LogP contribution in [0.5, 0.6) is 0 Å². The molecule has 0 amide bonds. The van der Waals surface area contributed by atoms with Gasteiger partial charge in [0.25, 0.3) is 0 Å². The number of aromatic nitrogens is 1. The summed E-state index contributed by atoms with van der Waals surface area (Å²) < 4.78 is 0. The van der Waals surface area contributed by atoms with Crippen LogP contribution in [0.4, 0.5) is 5.82 Å². The van der Waals surface area contributed by atoms with E-state index in [4.69, 9.17) is 5.73 Å². The molecule has 0 saturated carbocycles. The zero-order valence-corrected chi connectivity index (χ0v) is 10.2. The lowest BCUT2D eigenvalue weighted by Gasteiger charge is -2.06. The molecule has 18 heavy (non-hydrogen) atoms. The first-order chi connectivity index (χ1) is 8.74. The second-order valence-electron chi connectivity index (χ2n) is 4.48. The van der Waals surface area contributed by atoms with Gasteiger partial charge in [0.15, 0.2) is 0 Å². The van der Waals surface area contributed by atoms with Gasteiger partial charge < -0.3 is 5.73 Å². The Hall–Kier alpha value is -2.35. The van der Waals surface area contributed by atoms with Gasteiger partial charge in [-0.3, -0.25) is 0 Å². The summed E-state index contributed by atoms with van der Waals surface area (Å²) in [6.45, 7) is 2.08. The van der Waals surface area contributed by atoms with Crippen LogP contribution in [0.15, 0.2) is 54.6 Å². The summed E-state index contributed by atoms with van der Waals surface area (Å²) in [6.07, 6.45) is 0. The smallest absolute Gasteiger partial charge is 0.131 e. The van der Waals surface area contributed by atoms with Gasteiger partial charge in [0, 0.05) is 10.9 Å². The molecule has 0 fully saturated rings. The maximum absolute atomic E-state index is 6.01. The molecule has 0 radical (unpaired) electrons. The summed E-state index contributed by atoms with van der Waals surface area (Å²) in [6, 6.07) is 18.5. The Morgan fingerprint density at radius 2 is 1.67 bits per heavy atom. The van der Waals surface area contributed by atoms with Gasteiger partial charge in [-0.25, -0.2) is 4.98 Å². The molecule has 0 aliphatic rings. The van der Waals surface area contributed by atoms with Crippen molar-refractivity contribution < 1.29 is 0 Å². The molecule has 1 heterocycles. The number of aryl methyl sites for hydroxylation is 1. The van der Waals surface area contributed by atoms with Crippen LogP contribution in [-0.2, 0) is 0 Å². The lowest BCUT2D eigenvalue weighted by atomic mass is 10.1. The van der Waals surface area contributed by atoms with E-state index in [2.05, 4.69) is 48.3 Å². The molecule has 2 N–H and O–H groups in total. The van der Waals surface area contributed by atoms with Crippen LogP contribution in [0.1, 0.15) is 5.56 Å². The normalized spacial score (nSPS) is 10.7. The average molecular weight is 234 g/mol. The average Bonchev–Trinajstić information content (AvgIpc) is 2.39. The van der Waals surface area contributed by atoms with Crippen molar-refractivity contribution in [3.63, 3.8) is 0 Å². The van der Waals surface area contributed by atoms with Crippen molar-refractivity contribution in [1.82, 2.24) is 4.98 Å². The van der Waals surface area contributed by atoms with Crippen LogP contribution in [0.3, 0.4) is 0 Å². The molecule has 3 aromatic rings. The van der Waals surface area contributed by atoms with Crippen molar-refractivity contribution in [3.8, 4) is 11.3 Å². The molecule has 0 atom stereocenters. The maximum atomic E-state index is 6.01. The molecule has 0 bridgehead atoms. The highest BCUT2D eigenvalue weighted by molar-refractivity contribution is 5.93. The van der Waals surface area contributed by atoms with Crippen molar-refractivity contribution >= 4 is 16.6 Å². The molecule has 3 rings (SSSR count). The number of hydrogen-bond donors (Lipinski definition) is 1. The third-order valence-electron chi connectivity index (χ3n) is 3.12. The predicted octanol–water partition coefficient (Wildman–Crippen LogP) is 3.79. The Morgan fingerprint density at radius 1 is 0.944 bits per heavy atom. The van der Waals surface area contributed by atoms with E-state index < -0.39 is 0 Å². The number of fused-ring (bicyclic) bond motifs is 1. The van der Waals surface area contributed by atoms with Gasteiger partial charge >= 0.3 is 0 Å². The number of nitrogens with two attached hydrogens (primary N) is 1. The number of anilines is 1. The highest BCUT2D eigenvalue weighted by Gasteiger charge is 2.04. The molecular formula is C16H14N2. The van der Waals surface area contributed by atoms with Crippen molar-refractivity contribution in [3.05, 3.63) is 60.2 Å². The van der Waals surface area contributed by atoms with E-state index in [-0.39, 0.29) is 0 Å². The standard InChI is InChI=1S/C16H14N2/c1-11-6-8-12(9-7-11)15-10-13-4-2-3-5-14(13)16(17)18-15/h2-10H,1H3,(H2,17,18). The molecule has 0 unspecified atom stereocenters. The van der Waals surface area contributed by atoms with E-state index >= 15 is 0 Å². The SMILES string of the molecule is Cc1ccc(-c2cc3ccccc3c(N)n2)cc1. The number of nitrogen functional groups attached to an aromatic ring is 1. The molecule has 0 spiro atoms. The first-order valence-corrected chi connectivity index (χ1v) is 5.96. The number of benzene rings is 2. The van der Waals surface area contributed by atoms with E-state index in [9.17, 15) is 0 Å². The zero-order chi connectivity index (χ0) is 12.5. The zero-order valence-electron chi connectivity index (χ0n) is 10.2. The fourth-order valence-electron chi connectivity index (χ4n) is 2.10. The molecule has 0 aliphatic heterocycles. The summed E-state index contributed by atoms with van der Waals surface area (Å²) >= 11 is 0. The van der Waals surface area contributed by atoms with E-state index in [0.29, 0.717) is 5.82 Å². The first kappa shape index (κ1) is 10.8. The number of hydrogen-bond acceptors (Lipinski definition) is 2. The molecular weight excluding hydrogens is 220 g/mol. The Morgan fingerprint density at radius 3 is 2.44 bits per heavy atom. The lowest BCUT2D eigenvalue weighted by Crippen LogP contribution is -1.94. The molecule has 2 heteroatoms. The number of nitrogens with zero attached hydrogens (tertiary/aromatic N) is 1. The largest absolute Gasteiger partial charge is 0.383 e. The fourth-order valence-corrected chi connectivity index (χ4v) is 2.10. The molecule has 0 saturated heterocycles. The van der Waals surface area contributed by atoms with E-state index in [1.807, 2.05) is 18.2 Å². The summed E-state index contributed by atoms with van der Waals surface area (Å²) in [5.41, 5.74) is 9.27. The number of pyridine rings is 1. The van der Waals surface area contributed by atoms with E-state index in [1.54, 1.807) is 0 Å². The van der Waals surface area contributed by atoms with Crippen LogP contribution >= 0.6 is 0 Å². The van der Waals surface area contributed by atoms with E-state index in [1.165, 1.54) is 5.56 Å². The molecule has 1 aromatic heterocycles. The van der Waals surface area contributed by atoms with Gasteiger partial charge in [0.05, 0.1) is 5.69 Å². The minimum atomic E-state index is 0.587. The second-order valence-corrected chi connectivity index (χ2v) is 4.48. The highest BCUT2D eigenvalue weighted by Crippen LogP contribution is 2.26. The quantitative estimate of drug-likeness (QED) is 0.695. The van der Waals surface area contributed by atoms with Crippen molar-refractivity contribution in [2.45, 2.75) is 6.92 Å². The van der Waals surface area contributed by atoms with Gasteiger partial charge in [-0.2, -0.15) is 0 Å². The monoisotopic (exact) mass is 234 g/mol. The second kappa shape index (κ2) is 4.15. The predicted molar refractivity (Wildman–Crippen MR) is 76.3 cm³/mol. The van der Waals surface area contributed by atoms with Crippen LogP contribution in [0.25, 0.3) is 22.0 Å². The van der Waals surface area contributed by atoms with Crippen molar-refractivity contribution in [2.75, 3.05) is 5.73 Å². The minimum absolute atomic E-state index is 0.587. The molecule has 2 aromatic carbocycles. The topological polar surface area (TPSA) is 38.9 Å². The van der Waals surface area contributed by atoms with Crippen LogP contribution in [-0.4, -0.2) is 4.98 Å². The summed E-state index contributed by atoms with van der Waals surface area (Å²) in [5, 5.41) is 2.13. The lowest BCUT2D eigenvalue weighted by molar-refractivity contribution is 1.35. The van der Waals surface area contributed by atoms with Gasteiger partial charge in [-0.15, -0.1) is 0 Å². The van der Waals surface area contributed by atoms with Gasteiger partial charge in [0.2, 0.25) is 0 Å². The van der Waals surface area contributed by atoms with E-state index in [0.717, 1.165) is 22.0 Å². The first-order valence-electron chi connectivity index (χ1n) is 5.96. The third-order valence-corrected chi connectivity index (χ3v) is 3.12.